The van der Waals surface area contributed by atoms with E-state index in [4.69, 9.17) is 4.42 Å². The normalized spacial score (nSPS) is 16.8. The van der Waals surface area contributed by atoms with Crippen molar-refractivity contribution in [3.8, 4) is 11.6 Å². The molecule has 4 aromatic rings. The highest BCUT2D eigenvalue weighted by Crippen LogP contribution is 2.29. The Morgan fingerprint density at radius 2 is 2.21 bits per heavy atom. The van der Waals surface area contributed by atoms with Crippen LogP contribution in [0.2, 0.25) is 0 Å². The lowest BCUT2D eigenvalue weighted by molar-refractivity contribution is 0.0785. The summed E-state index contributed by atoms with van der Waals surface area (Å²) in [6.07, 6.45) is 5.38. The Bertz CT molecular complexity index is 1160. The van der Waals surface area contributed by atoms with Crippen molar-refractivity contribution in [2.75, 3.05) is 13.1 Å². The summed E-state index contributed by atoms with van der Waals surface area (Å²) in [5.74, 6) is 0.196. The van der Waals surface area contributed by atoms with Gasteiger partial charge >= 0.3 is 0 Å². The van der Waals surface area contributed by atoms with Crippen molar-refractivity contribution in [1.29, 1.82) is 0 Å². The van der Waals surface area contributed by atoms with E-state index >= 15 is 0 Å². The number of aromatic amines is 1. The second-order valence-electron chi connectivity index (χ2n) is 6.66. The standard InChI is InChI=1S/C19H15FN6O2/c20-13-2-1-3-14-12(13)8-15(23-14)19(27)26-7-4-11(10-26)17-24-25-18(28-17)16-9-21-5-6-22-16/h1-3,5-6,8-9,11,23H,4,7,10H2/t11-/m0/s1. The third-order valence-corrected chi connectivity index (χ3v) is 4.89. The van der Waals surface area contributed by atoms with Gasteiger partial charge in [0.1, 0.15) is 17.2 Å². The van der Waals surface area contributed by atoms with E-state index in [0.717, 1.165) is 0 Å². The van der Waals surface area contributed by atoms with Crippen LogP contribution in [0, 0.1) is 5.82 Å². The molecule has 1 N–H and O–H groups in total. The van der Waals surface area contributed by atoms with Crippen LogP contribution in [-0.2, 0) is 0 Å². The molecule has 1 saturated heterocycles. The van der Waals surface area contributed by atoms with Crippen LogP contribution < -0.4 is 0 Å². The summed E-state index contributed by atoms with van der Waals surface area (Å²) >= 11 is 0. The van der Waals surface area contributed by atoms with Gasteiger partial charge in [-0.05, 0) is 24.6 Å². The SMILES string of the molecule is O=C(c1cc2c(F)cccc2[nH]1)N1CC[C@H](c2nnc(-c3cnccn3)o2)C1. The van der Waals surface area contributed by atoms with Crippen molar-refractivity contribution >= 4 is 16.8 Å². The van der Waals surface area contributed by atoms with Gasteiger partial charge < -0.3 is 14.3 Å². The zero-order valence-electron chi connectivity index (χ0n) is 14.7. The van der Waals surface area contributed by atoms with E-state index < -0.39 is 0 Å². The molecule has 0 radical (unpaired) electrons. The number of nitrogens with zero attached hydrogens (tertiary/aromatic N) is 5. The van der Waals surface area contributed by atoms with E-state index in [-0.39, 0.29) is 17.6 Å². The highest BCUT2D eigenvalue weighted by atomic mass is 19.1. The van der Waals surface area contributed by atoms with Crippen LogP contribution >= 0.6 is 0 Å². The molecule has 5 rings (SSSR count). The number of aromatic nitrogens is 5. The molecule has 0 saturated carbocycles. The molecular formula is C19H15FN6O2. The van der Waals surface area contributed by atoms with E-state index in [1.54, 1.807) is 41.7 Å². The molecule has 0 bridgehead atoms. The molecule has 1 amide bonds. The molecule has 8 nitrogen and oxygen atoms in total. The lowest BCUT2D eigenvalue weighted by Gasteiger charge is -2.14. The molecular weight excluding hydrogens is 363 g/mol. The number of fused-ring (bicyclic) bond motifs is 1. The lowest BCUT2D eigenvalue weighted by Crippen LogP contribution is -2.28. The largest absolute Gasteiger partial charge is 0.419 e. The number of benzene rings is 1. The van der Waals surface area contributed by atoms with Crippen LogP contribution in [-0.4, -0.2) is 49.0 Å². The molecule has 140 valence electrons. The number of hydrogen-bond donors (Lipinski definition) is 1. The Morgan fingerprint density at radius 3 is 3.04 bits per heavy atom. The van der Waals surface area contributed by atoms with Crippen molar-refractivity contribution in [2.24, 2.45) is 0 Å². The summed E-state index contributed by atoms with van der Waals surface area (Å²) in [5.41, 5.74) is 1.48. The van der Waals surface area contributed by atoms with Crippen molar-refractivity contribution in [1.82, 2.24) is 30.0 Å². The van der Waals surface area contributed by atoms with E-state index in [1.807, 2.05) is 0 Å². The maximum atomic E-state index is 13.9. The van der Waals surface area contributed by atoms with Gasteiger partial charge in [0, 0.05) is 36.4 Å². The van der Waals surface area contributed by atoms with Gasteiger partial charge in [-0.2, -0.15) is 0 Å². The molecule has 1 aliphatic rings. The molecule has 3 aromatic heterocycles. The molecule has 4 heterocycles. The Hall–Kier alpha value is -3.62. The topological polar surface area (TPSA) is 101 Å². The zero-order valence-corrected chi connectivity index (χ0v) is 14.7. The Balaban J connectivity index is 1.33. The Kier molecular flexibility index (Phi) is 3.85. The average molecular weight is 378 g/mol. The summed E-state index contributed by atoms with van der Waals surface area (Å²) < 4.78 is 19.6. The van der Waals surface area contributed by atoms with Crippen molar-refractivity contribution in [2.45, 2.75) is 12.3 Å². The number of carbonyl (C=O) groups excluding carboxylic acids is 1. The number of carbonyl (C=O) groups is 1. The van der Waals surface area contributed by atoms with Crippen molar-refractivity contribution in [3.05, 3.63) is 60.3 Å². The number of rotatable bonds is 3. The molecule has 28 heavy (non-hydrogen) atoms. The monoisotopic (exact) mass is 378 g/mol. The summed E-state index contributed by atoms with van der Waals surface area (Å²) in [4.78, 5) is 25.7. The van der Waals surface area contributed by atoms with Gasteiger partial charge in [-0.15, -0.1) is 10.2 Å². The minimum absolute atomic E-state index is 0.0528. The van der Waals surface area contributed by atoms with E-state index in [2.05, 4.69) is 25.1 Å². The molecule has 0 aliphatic carbocycles. The lowest BCUT2D eigenvalue weighted by atomic mass is 10.1. The second kappa shape index (κ2) is 6.52. The quantitative estimate of drug-likeness (QED) is 0.588. The highest BCUT2D eigenvalue weighted by Gasteiger charge is 2.32. The fourth-order valence-corrected chi connectivity index (χ4v) is 3.46. The first kappa shape index (κ1) is 16.5. The first-order valence-electron chi connectivity index (χ1n) is 8.85. The third kappa shape index (κ3) is 2.81. The van der Waals surface area contributed by atoms with Gasteiger partial charge in [-0.3, -0.25) is 9.78 Å². The predicted octanol–water partition coefficient (Wildman–Crippen LogP) is 2.78. The van der Waals surface area contributed by atoms with Gasteiger partial charge in [0.05, 0.1) is 12.1 Å². The minimum Gasteiger partial charge on any atom is -0.419 e. The van der Waals surface area contributed by atoms with Gasteiger partial charge in [-0.1, -0.05) is 6.07 Å². The minimum atomic E-state index is -0.352. The van der Waals surface area contributed by atoms with Crippen molar-refractivity contribution in [3.63, 3.8) is 0 Å². The van der Waals surface area contributed by atoms with Crippen LogP contribution in [0.4, 0.5) is 4.39 Å². The molecule has 1 atom stereocenters. The Morgan fingerprint density at radius 1 is 1.29 bits per heavy atom. The number of amides is 1. The molecule has 1 aliphatic heterocycles. The van der Waals surface area contributed by atoms with Gasteiger partial charge in [0.25, 0.3) is 11.8 Å². The molecule has 9 heteroatoms. The number of hydrogen-bond acceptors (Lipinski definition) is 6. The van der Waals surface area contributed by atoms with Crippen LogP contribution in [0.15, 0.2) is 47.3 Å². The summed E-state index contributed by atoms with van der Waals surface area (Å²) in [7, 11) is 0. The fraction of sp³-hybridized carbons (Fsp3) is 0.211. The van der Waals surface area contributed by atoms with Crippen LogP contribution in [0.25, 0.3) is 22.5 Å². The molecule has 0 unspecified atom stereocenters. The maximum Gasteiger partial charge on any atom is 0.270 e. The van der Waals surface area contributed by atoms with Crippen LogP contribution in [0.5, 0.6) is 0 Å². The molecule has 1 fully saturated rings. The summed E-state index contributed by atoms with van der Waals surface area (Å²) in [5, 5.41) is 8.54. The number of likely N-dealkylation sites (tertiary alicyclic amines) is 1. The van der Waals surface area contributed by atoms with Gasteiger partial charge in [0.15, 0.2) is 0 Å². The summed E-state index contributed by atoms with van der Waals surface area (Å²) in [6.45, 7) is 1.02. The Labute approximate surface area is 158 Å². The first-order valence-corrected chi connectivity index (χ1v) is 8.85. The smallest absolute Gasteiger partial charge is 0.270 e. The van der Waals surface area contributed by atoms with Crippen LogP contribution in [0.3, 0.4) is 0 Å². The van der Waals surface area contributed by atoms with E-state index in [9.17, 15) is 9.18 Å². The third-order valence-electron chi connectivity index (χ3n) is 4.89. The summed E-state index contributed by atoms with van der Waals surface area (Å²) in [6, 6.07) is 6.28. The van der Waals surface area contributed by atoms with Gasteiger partial charge in [-0.25, -0.2) is 9.37 Å². The molecule has 0 spiro atoms. The zero-order chi connectivity index (χ0) is 19.1. The fourth-order valence-electron chi connectivity index (χ4n) is 3.46. The van der Waals surface area contributed by atoms with E-state index in [0.29, 0.717) is 53.6 Å². The highest BCUT2D eigenvalue weighted by molar-refractivity contribution is 5.98. The first-order chi connectivity index (χ1) is 13.7. The predicted molar refractivity (Wildman–Crippen MR) is 96.8 cm³/mol. The second-order valence-corrected chi connectivity index (χ2v) is 6.66. The van der Waals surface area contributed by atoms with Crippen LogP contribution in [0.1, 0.15) is 28.7 Å². The maximum absolute atomic E-state index is 13.9. The average Bonchev–Trinajstić information content (AvgIpc) is 3.46. The number of nitrogens with one attached hydrogen (secondary N) is 1. The van der Waals surface area contributed by atoms with Crippen molar-refractivity contribution < 1.29 is 13.6 Å². The molecule has 1 aromatic carbocycles. The van der Waals surface area contributed by atoms with E-state index in [1.165, 1.54) is 6.07 Å². The number of H-pyrrole nitrogens is 1. The van der Waals surface area contributed by atoms with Gasteiger partial charge in [0.2, 0.25) is 5.89 Å². The number of halogens is 1.